The smallest absolute Gasteiger partial charge is 0.295 e. The summed E-state index contributed by atoms with van der Waals surface area (Å²) < 4.78 is 68.1. The van der Waals surface area contributed by atoms with Gasteiger partial charge in [-0.05, 0) is 41.5 Å². The Morgan fingerprint density at radius 3 is 1.79 bits per heavy atom. The van der Waals surface area contributed by atoms with Crippen molar-refractivity contribution in [3.63, 3.8) is 0 Å². The summed E-state index contributed by atoms with van der Waals surface area (Å²) >= 11 is 0. The van der Waals surface area contributed by atoms with E-state index in [2.05, 4.69) is 25.6 Å². The summed E-state index contributed by atoms with van der Waals surface area (Å²) in [5, 5.41) is 36.0. The molecule has 0 aliphatic carbocycles. The molecule has 0 saturated carbocycles. The van der Waals surface area contributed by atoms with Crippen molar-refractivity contribution in [2.75, 3.05) is 42.3 Å². The van der Waals surface area contributed by atoms with Gasteiger partial charge in [0.25, 0.3) is 31.9 Å². The Hall–Kier alpha value is -5.13. The van der Waals surface area contributed by atoms with Crippen molar-refractivity contribution in [2.24, 2.45) is 0 Å². The Labute approximate surface area is 272 Å². The summed E-state index contributed by atoms with van der Waals surface area (Å²) in [5.74, 6) is -0.469. The fraction of sp³-hybridized carbons (Fsp3) is 0.148. The van der Waals surface area contributed by atoms with E-state index in [9.17, 15) is 46.3 Å². The molecule has 19 nitrogen and oxygen atoms in total. The van der Waals surface area contributed by atoms with Gasteiger partial charge < -0.3 is 20.8 Å². The second kappa shape index (κ2) is 15.6. The second-order valence-electron chi connectivity index (χ2n) is 9.28. The molecular weight excluding hydrogens is 678 g/mol. The Morgan fingerprint density at radius 2 is 1.27 bits per heavy atom. The maximum Gasteiger partial charge on any atom is 0.295 e. The molecule has 0 unspecified atom stereocenters. The number of nitro groups is 1. The molecule has 4 aromatic rings. The van der Waals surface area contributed by atoms with Crippen molar-refractivity contribution in [1.29, 1.82) is 0 Å². The standard InChI is InChI=1S/C27H27N7O12S2/c35-12-14-45-34(46-15-13-36)27-31-25(28-20-4-2-1-3-5-20)30-26(32-27)29-21-10-8-18(23(16-21)47(39,40)41)6-7-19-9-11-22(33(37)38)17-24(19)48(42,43)44/h1-11,16-17,35-36H,12-15H2,(H,39,40,41)(H,42,43,44)(H2,28,29,30,31,32). The molecule has 0 spiro atoms. The predicted molar refractivity (Wildman–Crippen MR) is 169 cm³/mol. The molecule has 0 bridgehead atoms. The Balaban J connectivity index is 1.73. The van der Waals surface area contributed by atoms with Gasteiger partial charge in [0.1, 0.15) is 23.0 Å². The minimum Gasteiger partial charge on any atom is -0.394 e. The van der Waals surface area contributed by atoms with Gasteiger partial charge in [0.05, 0.1) is 18.1 Å². The Bertz CT molecular complexity index is 2010. The highest BCUT2D eigenvalue weighted by Gasteiger charge is 2.21. The van der Waals surface area contributed by atoms with E-state index in [0.29, 0.717) is 11.8 Å². The van der Waals surface area contributed by atoms with Crippen LogP contribution in [0, 0.1) is 10.1 Å². The lowest BCUT2D eigenvalue weighted by molar-refractivity contribution is -0.385. The number of hydrogen-bond acceptors (Lipinski definition) is 16. The number of aliphatic hydroxyl groups is 2. The number of para-hydroxylation sites is 1. The van der Waals surface area contributed by atoms with E-state index >= 15 is 0 Å². The van der Waals surface area contributed by atoms with Crippen LogP contribution in [-0.4, -0.2) is 82.5 Å². The molecule has 4 rings (SSSR count). The molecule has 0 amide bonds. The molecule has 6 N–H and O–H groups in total. The summed E-state index contributed by atoms with van der Waals surface area (Å²) in [6, 6.07) is 15.0. The summed E-state index contributed by atoms with van der Waals surface area (Å²) in [5.41, 5.74) is -0.337. The number of aliphatic hydroxyl groups excluding tert-OH is 2. The molecule has 0 saturated heterocycles. The third-order valence-corrected chi connectivity index (χ3v) is 7.71. The van der Waals surface area contributed by atoms with Crippen LogP contribution in [0.5, 0.6) is 0 Å². The largest absolute Gasteiger partial charge is 0.394 e. The Morgan fingerprint density at radius 1 is 0.750 bits per heavy atom. The maximum atomic E-state index is 12.4. The summed E-state index contributed by atoms with van der Waals surface area (Å²) in [4.78, 5) is 32.1. The van der Waals surface area contributed by atoms with Crippen LogP contribution in [0.25, 0.3) is 12.2 Å². The van der Waals surface area contributed by atoms with Crippen molar-refractivity contribution in [1.82, 2.24) is 15.0 Å². The van der Waals surface area contributed by atoms with Crippen LogP contribution in [0.15, 0.2) is 76.5 Å². The summed E-state index contributed by atoms with van der Waals surface area (Å²) in [6.07, 6.45) is 2.19. The number of aromatic nitrogens is 3. The summed E-state index contributed by atoms with van der Waals surface area (Å²) in [6.45, 7) is -1.27. The van der Waals surface area contributed by atoms with Gasteiger partial charge in [-0.15, -0.1) is 0 Å². The van der Waals surface area contributed by atoms with Crippen LogP contribution in [0.2, 0.25) is 0 Å². The van der Waals surface area contributed by atoms with Crippen LogP contribution < -0.4 is 15.9 Å². The highest BCUT2D eigenvalue weighted by molar-refractivity contribution is 7.86. The van der Waals surface area contributed by atoms with E-state index in [4.69, 9.17) is 9.68 Å². The Kier molecular flexibility index (Phi) is 11.6. The molecule has 0 aliphatic rings. The number of non-ortho nitro benzene ring substituents is 1. The minimum atomic E-state index is -4.92. The lowest BCUT2D eigenvalue weighted by atomic mass is 10.1. The molecule has 0 atom stereocenters. The molecule has 1 heterocycles. The fourth-order valence-corrected chi connectivity index (χ4v) is 5.30. The zero-order chi connectivity index (χ0) is 34.9. The predicted octanol–water partition coefficient (Wildman–Crippen LogP) is 2.58. The first-order valence-corrected chi connectivity index (χ1v) is 16.3. The normalized spacial score (nSPS) is 11.8. The number of benzene rings is 3. The molecule has 0 radical (unpaired) electrons. The maximum absolute atomic E-state index is 12.4. The van der Waals surface area contributed by atoms with Crippen LogP contribution >= 0.6 is 0 Å². The molecule has 21 heteroatoms. The van der Waals surface area contributed by atoms with Gasteiger partial charge in [-0.3, -0.25) is 19.2 Å². The number of anilines is 5. The van der Waals surface area contributed by atoms with Crippen molar-refractivity contribution >= 4 is 67.3 Å². The van der Waals surface area contributed by atoms with Gasteiger partial charge in [0, 0.05) is 23.5 Å². The van der Waals surface area contributed by atoms with Crippen LogP contribution in [0.1, 0.15) is 11.1 Å². The zero-order valence-corrected chi connectivity index (χ0v) is 26.1. The van der Waals surface area contributed by atoms with Gasteiger partial charge in [0.2, 0.25) is 11.9 Å². The van der Waals surface area contributed by atoms with Gasteiger partial charge in [0.15, 0.2) is 0 Å². The molecule has 0 fully saturated rings. The second-order valence-corrected chi connectivity index (χ2v) is 12.1. The van der Waals surface area contributed by atoms with Crippen molar-refractivity contribution in [3.05, 3.63) is 88.0 Å². The number of nitro benzene ring substituents is 1. The number of nitrogens with zero attached hydrogens (tertiary/aromatic N) is 5. The van der Waals surface area contributed by atoms with Gasteiger partial charge in [-0.1, -0.05) is 41.6 Å². The first-order chi connectivity index (χ1) is 22.8. The molecule has 1 aromatic heterocycles. The third kappa shape index (κ3) is 9.69. The van der Waals surface area contributed by atoms with Crippen LogP contribution in [-0.2, 0) is 29.9 Å². The van der Waals surface area contributed by atoms with Gasteiger partial charge in [-0.2, -0.15) is 31.8 Å². The van der Waals surface area contributed by atoms with E-state index in [-0.39, 0.29) is 47.9 Å². The van der Waals surface area contributed by atoms with E-state index in [1.54, 1.807) is 30.3 Å². The minimum absolute atomic E-state index is 0.0359. The van der Waals surface area contributed by atoms with Gasteiger partial charge >= 0.3 is 0 Å². The van der Waals surface area contributed by atoms with E-state index in [1.165, 1.54) is 12.1 Å². The average Bonchev–Trinajstić information content (AvgIpc) is 3.03. The van der Waals surface area contributed by atoms with E-state index < -0.39 is 53.9 Å². The molecule has 0 aliphatic heterocycles. The number of nitrogens with one attached hydrogen (secondary N) is 2. The van der Waals surface area contributed by atoms with Crippen molar-refractivity contribution in [2.45, 2.75) is 9.79 Å². The van der Waals surface area contributed by atoms with Gasteiger partial charge in [-0.25, -0.2) is 9.68 Å². The van der Waals surface area contributed by atoms with E-state index in [1.807, 2.05) is 0 Å². The van der Waals surface area contributed by atoms with Crippen LogP contribution in [0.3, 0.4) is 0 Å². The highest BCUT2D eigenvalue weighted by atomic mass is 32.2. The quantitative estimate of drug-likeness (QED) is 0.0423. The first kappa shape index (κ1) is 35.7. The third-order valence-electron chi connectivity index (χ3n) is 5.89. The lowest BCUT2D eigenvalue weighted by Gasteiger charge is -2.20. The first-order valence-electron chi connectivity index (χ1n) is 13.5. The number of hydrogen-bond donors (Lipinski definition) is 6. The summed E-state index contributed by atoms with van der Waals surface area (Å²) in [7, 11) is -9.83. The fourth-order valence-electron chi connectivity index (χ4n) is 3.89. The van der Waals surface area contributed by atoms with Crippen molar-refractivity contribution in [3.8, 4) is 0 Å². The highest BCUT2D eigenvalue weighted by Crippen LogP contribution is 2.28. The van der Waals surface area contributed by atoms with Crippen LogP contribution in [0.4, 0.5) is 34.9 Å². The molecular formula is C27H27N7O12S2. The zero-order valence-electron chi connectivity index (χ0n) is 24.4. The topological polar surface area (TPSA) is 277 Å². The van der Waals surface area contributed by atoms with Crippen molar-refractivity contribution < 1.29 is 50.8 Å². The lowest BCUT2D eigenvalue weighted by Crippen LogP contribution is -2.29. The molecule has 254 valence electrons. The van der Waals surface area contributed by atoms with E-state index in [0.717, 1.165) is 35.6 Å². The average molecular weight is 706 g/mol. The molecule has 3 aromatic carbocycles. The molecule has 48 heavy (non-hydrogen) atoms. The monoisotopic (exact) mass is 705 g/mol. The SMILES string of the molecule is O=[N+]([O-])c1ccc(C=Cc2ccc(Nc3nc(Nc4ccccc4)nc(N(OCCO)OCCO)n3)cc2S(=O)(=O)O)c(S(=O)(=O)O)c1. The number of rotatable bonds is 16.